The van der Waals surface area contributed by atoms with Crippen LogP contribution in [0.3, 0.4) is 0 Å². The van der Waals surface area contributed by atoms with Crippen molar-refractivity contribution in [1.82, 2.24) is 5.32 Å². The molecule has 4 heteroatoms. The van der Waals surface area contributed by atoms with Crippen molar-refractivity contribution in [3.63, 3.8) is 0 Å². The Morgan fingerprint density at radius 2 is 2.16 bits per heavy atom. The molecular formula is C21H22N2O2. The third-order valence-electron chi connectivity index (χ3n) is 5.22. The Kier molecular flexibility index (Phi) is 3.75. The quantitative estimate of drug-likeness (QED) is 0.870. The van der Waals surface area contributed by atoms with E-state index in [0.29, 0.717) is 12.4 Å². The Hall–Kier alpha value is -2.75. The normalized spacial score (nSPS) is 26.2. The topological polar surface area (TPSA) is 50.4 Å². The lowest BCUT2D eigenvalue weighted by Gasteiger charge is -2.28. The van der Waals surface area contributed by atoms with Gasteiger partial charge in [-0.25, -0.2) is 0 Å². The molecule has 2 atom stereocenters. The van der Waals surface area contributed by atoms with E-state index >= 15 is 0 Å². The van der Waals surface area contributed by atoms with Crippen LogP contribution in [0.5, 0.6) is 0 Å². The lowest BCUT2D eigenvalue weighted by molar-refractivity contribution is -0.114. The van der Waals surface area contributed by atoms with Gasteiger partial charge in [-0.05, 0) is 41.9 Å². The number of benzene rings is 1. The van der Waals surface area contributed by atoms with Gasteiger partial charge >= 0.3 is 0 Å². The van der Waals surface area contributed by atoms with Crippen molar-refractivity contribution in [2.45, 2.75) is 19.9 Å². The van der Waals surface area contributed by atoms with E-state index in [-0.39, 0.29) is 17.7 Å². The van der Waals surface area contributed by atoms with Crippen molar-refractivity contribution >= 4 is 17.5 Å². The van der Waals surface area contributed by atoms with Gasteiger partial charge in [0, 0.05) is 29.4 Å². The summed E-state index contributed by atoms with van der Waals surface area (Å²) in [5.41, 5.74) is 6.50. The van der Waals surface area contributed by atoms with Crippen LogP contribution in [0, 0.1) is 5.92 Å². The van der Waals surface area contributed by atoms with E-state index in [2.05, 4.69) is 47.6 Å². The molecule has 0 aromatic heterocycles. The summed E-state index contributed by atoms with van der Waals surface area (Å²) < 4.78 is 5.56. The number of anilines is 1. The predicted molar refractivity (Wildman–Crippen MR) is 99.9 cm³/mol. The second-order valence-electron chi connectivity index (χ2n) is 6.80. The summed E-state index contributed by atoms with van der Waals surface area (Å²) in [5, 5.41) is 7.10. The number of para-hydroxylation sites is 1. The van der Waals surface area contributed by atoms with Gasteiger partial charge in [-0.1, -0.05) is 31.7 Å². The van der Waals surface area contributed by atoms with E-state index in [0.717, 1.165) is 29.1 Å². The number of carbonyl (C=O) groups excluding carboxylic acids is 1. The molecule has 1 aromatic rings. The molecule has 0 radical (unpaired) electrons. The first-order valence-corrected chi connectivity index (χ1v) is 8.61. The molecule has 0 bridgehead atoms. The molecule has 3 aliphatic rings. The zero-order valence-corrected chi connectivity index (χ0v) is 14.6. The Morgan fingerprint density at radius 1 is 1.36 bits per heavy atom. The maximum Gasteiger partial charge on any atom is 0.159 e. The predicted octanol–water partition coefficient (Wildman–Crippen LogP) is 3.42. The minimum Gasteiger partial charge on any atom is -0.493 e. The minimum atomic E-state index is 0.00542. The molecule has 0 amide bonds. The molecule has 1 fully saturated rings. The standard InChI is InChI=1S/C21H22N2O2/c1-12-14(3)25-11-18(13(2)24)17(12)9-20-21-16(10-22-20)8-15-6-4-5-7-19(15)23-21/h4-9,12,21-23H,3,10-11H2,1-2H3/b20-9-. The van der Waals surface area contributed by atoms with Crippen LogP contribution in [0.15, 0.2) is 65.1 Å². The van der Waals surface area contributed by atoms with Crippen molar-refractivity contribution < 1.29 is 9.53 Å². The van der Waals surface area contributed by atoms with Crippen LogP contribution >= 0.6 is 0 Å². The number of allylic oxidation sites excluding steroid dienone is 2. The smallest absolute Gasteiger partial charge is 0.159 e. The molecule has 2 unspecified atom stereocenters. The number of ketones is 1. The number of nitrogens with one attached hydrogen (secondary N) is 2. The van der Waals surface area contributed by atoms with Gasteiger partial charge in [0.2, 0.25) is 0 Å². The maximum absolute atomic E-state index is 12.0. The third-order valence-corrected chi connectivity index (χ3v) is 5.22. The van der Waals surface area contributed by atoms with Gasteiger partial charge in [-0.3, -0.25) is 4.79 Å². The average molecular weight is 334 g/mol. The summed E-state index contributed by atoms with van der Waals surface area (Å²) >= 11 is 0. The van der Waals surface area contributed by atoms with E-state index in [1.165, 1.54) is 11.1 Å². The highest BCUT2D eigenvalue weighted by atomic mass is 16.5. The molecule has 1 saturated heterocycles. The Bertz CT molecular complexity index is 860. The monoisotopic (exact) mass is 334 g/mol. The molecule has 0 spiro atoms. The number of hydrogen-bond acceptors (Lipinski definition) is 4. The summed E-state index contributed by atoms with van der Waals surface area (Å²) in [7, 11) is 0. The lowest BCUT2D eigenvalue weighted by atomic mass is 9.88. The molecule has 4 nitrogen and oxygen atoms in total. The molecular weight excluding hydrogens is 312 g/mol. The van der Waals surface area contributed by atoms with Crippen molar-refractivity contribution in [3.05, 3.63) is 70.7 Å². The van der Waals surface area contributed by atoms with Crippen LogP contribution in [0.4, 0.5) is 5.69 Å². The summed E-state index contributed by atoms with van der Waals surface area (Å²) in [6.45, 7) is 8.73. The van der Waals surface area contributed by atoms with Crippen LogP contribution in [-0.2, 0) is 9.53 Å². The first-order chi connectivity index (χ1) is 12.0. The van der Waals surface area contributed by atoms with Crippen molar-refractivity contribution in [2.75, 3.05) is 18.5 Å². The number of rotatable bonds is 2. The second-order valence-corrected chi connectivity index (χ2v) is 6.80. The van der Waals surface area contributed by atoms with Crippen molar-refractivity contribution in [1.29, 1.82) is 0 Å². The van der Waals surface area contributed by atoms with Gasteiger partial charge in [-0.2, -0.15) is 0 Å². The summed E-state index contributed by atoms with van der Waals surface area (Å²) in [6, 6.07) is 8.43. The molecule has 0 aliphatic carbocycles. The first-order valence-electron chi connectivity index (χ1n) is 8.61. The fourth-order valence-corrected chi connectivity index (χ4v) is 3.65. The Balaban J connectivity index is 1.73. The number of ether oxygens (including phenoxy) is 1. The summed E-state index contributed by atoms with van der Waals surface area (Å²) in [6.07, 6.45) is 4.36. The summed E-state index contributed by atoms with van der Waals surface area (Å²) in [5.74, 6) is 0.778. The van der Waals surface area contributed by atoms with Crippen molar-refractivity contribution in [2.24, 2.45) is 5.92 Å². The first kappa shape index (κ1) is 15.8. The van der Waals surface area contributed by atoms with Gasteiger partial charge in [-0.15, -0.1) is 0 Å². The molecule has 0 saturated carbocycles. The largest absolute Gasteiger partial charge is 0.493 e. The molecule has 3 aliphatic heterocycles. The highest BCUT2D eigenvalue weighted by Crippen LogP contribution is 2.35. The van der Waals surface area contributed by atoms with E-state index in [4.69, 9.17) is 4.74 Å². The van der Waals surface area contributed by atoms with Gasteiger partial charge in [0.15, 0.2) is 5.78 Å². The van der Waals surface area contributed by atoms with Gasteiger partial charge < -0.3 is 15.4 Å². The number of Topliss-reactive ketones (excluding diaryl/α,β-unsaturated/α-hetero) is 1. The highest BCUT2D eigenvalue weighted by molar-refractivity contribution is 5.95. The molecule has 25 heavy (non-hydrogen) atoms. The van der Waals surface area contributed by atoms with Crippen LogP contribution < -0.4 is 10.6 Å². The Morgan fingerprint density at radius 3 is 2.96 bits per heavy atom. The molecule has 3 heterocycles. The zero-order valence-electron chi connectivity index (χ0n) is 14.6. The number of fused-ring (bicyclic) bond motifs is 2. The molecule has 128 valence electrons. The third kappa shape index (κ3) is 2.68. The van der Waals surface area contributed by atoms with Crippen molar-refractivity contribution in [3.8, 4) is 0 Å². The summed E-state index contributed by atoms with van der Waals surface area (Å²) in [4.78, 5) is 12.0. The van der Waals surface area contributed by atoms with E-state index in [9.17, 15) is 4.79 Å². The minimum absolute atomic E-state index is 0.00542. The van der Waals surface area contributed by atoms with Crippen LogP contribution in [-0.4, -0.2) is 25.0 Å². The van der Waals surface area contributed by atoms with Crippen LogP contribution in [0.25, 0.3) is 6.08 Å². The van der Waals surface area contributed by atoms with Crippen LogP contribution in [0.1, 0.15) is 19.4 Å². The van der Waals surface area contributed by atoms with Crippen LogP contribution in [0.2, 0.25) is 0 Å². The highest BCUT2D eigenvalue weighted by Gasteiger charge is 2.31. The Labute approximate surface area is 148 Å². The molecule has 2 N–H and O–H groups in total. The fraction of sp³-hybridized carbons (Fsp3) is 0.286. The van der Waals surface area contributed by atoms with E-state index in [1.807, 2.05) is 13.0 Å². The average Bonchev–Trinajstić information content (AvgIpc) is 2.98. The van der Waals surface area contributed by atoms with Gasteiger partial charge in [0.1, 0.15) is 6.61 Å². The lowest BCUT2D eigenvalue weighted by Crippen LogP contribution is -2.26. The maximum atomic E-state index is 12.0. The zero-order chi connectivity index (χ0) is 17.6. The van der Waals surface area contributed by atoms with Gasteiger partial charge in [0.25, 0.3) is 0 Å². The SMILES string of the molecule is C=C1OCC(C(C)=O)=C(/C=C2\NCC3=Cc4ccccc4NC32)C1C. The van der Waals surface area contributed by atoms with E-state index in [1.54, 1.807) is 6.92 Å². The number of carbonyl (C=O) groups is 1. The second kappa shape index (κ2) is 5.96. The molecule has 4 rings (SSSR count). The van der Waals surface area contributed by atoms with E-state index < -0.39 is 0 Å². The van der Waals surface area contributed by atoms with Gasteiger partial charge in [0.05, 0.1) is 11.8 Å². The fourth-order valence-electron chi connectivity index (χ4n) is 3.65. The number of hydrogen-bond donors (Lipinski definition) is 2. The molecule has 1 aromatic carbocycles.